The normalized spacial score (nSPS) is 17.8. The quantitative estimate of drug-likeness (QED) is 0.867. The number of aryl methyl sites for hydroxylation is 1. The van der Waals surface area contributed by atoms with Crippen LogP contribution in [0.25, 0.3) is 0 Å². The standard InChI is InChI=1S/C15H26N4O/c1-13(2)18-10-8-17(9-11-18)6-3-7-19-12-14(16)4-5-15(19)20/h4-5,12-13H,3,6-11,16H2,1-2H3. The summed E-state index contributed by atoms with van der Waals surface area (Å²) >= 11 is 0. The Morgan fingerprint density at radius 3 is 2.50 bits per heavy atom. The van der Waals surface area contributed by atoms with E-state index >= 15 is 0 Å². The van der Waals surface area contributed by atoms with Gasteiger partial charge in [0.1, 0.15) is 0 Å². The van der Waals surface area contributed by atoms with Gasteiger partial charge >= 0.3 is 0 Å². The second-order valence-electron chi connectivity index (χ2n) is 5.82. The first-order chi connectivity index (χ1) is 9.56. The van der Waals surface area contributed by atoms with E-state index in [1.165, 1.54) is 6.07 Å². The lowest BCUT2D eigenvalue weighted by molar-refractivity contribution is 0.107. The fourth-order valence-electron chi connectivity index (χ4n) is 2.69. The summed E-state index contributed by atoms with van der Waals surface area (Å²) in [6.45, 7) is 10.9. The summed E-state index contributed by atoms with van der Waals surface area (Å²) in [5.74, 6) is 0. The maximum absolute atomic E-state index is 11.7. The molecule has 0 aromatic carbocycles. The van der Waals surface area contributed by atoms with Crippen molar-refractivity contribution in [1.82, 2.24) is 14.4 Å². The molecule has 0 radical (unpaired) electrons. The molecular weight excluding hydrogens is 252 g/mol. The van der Waals surface area contributed by atoms with Gasteiger partial charge in [0.05, 0.1) is 0 Å². The average molecular weight is 278 g/mol. The summed E-state index contributed by atoms with van der Waals surface area (Å²) in [4.78, 5) is 16.7. The van der Waals surface area contributed by atoms with Crippen LogP contribution in [0.2, 0.25) is 0 Å². The Morgan fingerprint density at radius 2 is 1.85 bits per heavy atom. The fourth-order valence-corrected chi connectivity index (χ4v) is 2.69. The van der Waals surface area contributed by atoms with Crippen LogP contribution in [0.1, 0.15) is 20.3 Å². The van der Waals surface area contributed by atoms with Crippen molar-refractivity contribution < 1.29 is 0 Å². The maximum atomic E-state index is 11.7. The lowest BCUT2D eigenvalue weighted by Gasteiger charge is -2.36. The minimum Gasteiger partial charge on any atom is -0.398 e. The van der Waals surface area contributed by atoms with Crippen molar-refractivity contribution >= 4 is 5.69 Å². The van der Waals surface area contributed by atoms with Crippen LogP contribution in [0.5, 0.6) is 0 Å². The van der Waals surface area contributed by atoms with Gasteiger partial charge in [-0.3, -0.25) is 9.69 Å². The molecule has 2 rings (SSSR count). The van der Waals surface area contributed by atoms with Crippen LogP contribution >= 0.6 is 0 Å². The molecule has 0 saturated carbocycles. The lowest BCUT2D eigenvalue weighted by atomic mass is 10.2. The van der Waals surface area contributed by atoms with Crippen molar-refractivity contribution in [3.8, 4) is 0 Å². The van der Waals surface area contributed by atoms with Gasteiger partial charge in [-0.1, -0.05) is 0 Å². The molecule has 5 heteroatoms. The molecule has 0 spiro atoms. The summed E-state index contributed by atoms with van der Waals surface area (Å²) in [6.07, 6.45) is 2.73. The molecule has 1 aromatic rings. The van der Waals surface area contributed by atoms with Crippen LogP contribution in [0.3, 0.4) is 0 Å². The number of nitrogen functional groups attached to an aromatic ring is 1. The van der Waals surface area contributed by atoms with Gasteiger partial charge in [-0.25, -0.2) is 0 Å². The van der Waals surface area contributed by atoms with Crippen LogP contribution in [-0.2, 0) is 6.54 Å². The van der Waals surface area contributed by atoms with Gasteiger partial charge in [0.2, 0.25) is 0 Å². The number of anilines is 1. The van der Waals surface area contributed by atoms with Crippen LogP contribution in [0, 0.1) is 0 Å². The van der Waals surface area contributed by atoms with Gasteiger partial charge in [-0.2, -0.15) is 0 Å². The Labute approximate surface area is 121 Å². The smallest absolute Gasteiger partial charge is 0.250 e. The Bertz CT molecular complexity index is 475. The van der Waals surface area contributed by atoms with E-state index in [0.717, 1.165) is 45.7 Å². The van der Waals surface area contributed by atoms with Gasteiger partial charge in [0.15, 0.2) is 0 Å². The van der Waals surface area contributed by atoms with Gasteiger partial charge in [0, 0.05) is 56.7 Å². The fraction of sp³-hybridized carbons (Fsp3) is 0.667. The lowest BCUT2D eigenvalue weighted by Crippen LogP contribution is -2.49. The zero-order valence-corrected chi connectivity index (χ0v) is 12.6. The van der Waals surface area contributed by atoms with Crippen LogP contribution in [0.4, 0.5) is 5.69 Å². The summed E-state index contributed by atoms with van der Waals surface area (Å²) in [5.41, 5.74) is 6.39. The molecule has 1 aliphatic heterocycles. The minimum absolute atomic E-state index is 0.0313. The molecule has 0 unspecified atom stereocenters. The van der Waals surface area contributed by atoms with E-state index in [4.69, 9.17) is 5.73 Å². The van der Waals surface area contributed by atoms with Crippen LogP contribution in [-0.4, -0.2) is 53.1 Å². The number of hydrogen-bond acceptors (Lipinski definition) is 4. The Balaban J connectivity index is 1.74. The highest BCUT2D eigenvalue weighted by atomic mass is 16.1. The zero-order chi connectivity index (χ0) is 14.5. The molecule has 2 heterocycles. The van der Waals surface area contributed by atoms with E-state index in [0.29, 0.717) is 11.7 Å². The van der Waals surface area contributed by atoms with Gasteiger partial charge in [-0.05, 0) is 32.9 Å². The largest absolute Gasteiger partial charge is 0.398 e. The molecule has 5 nitrogen and oxygen atoms in total. The third-order valence-electron chi connectivity index (χ3n) is 4.02. The van der Waals surface area contributed by atoms with E-state index in [1.54, 1.807) is 16.8 Å². The van der Waals surface area contributed by atoms with Gasteiger partial charge in [-0.15, -0.1) is 0 Å². The van der Waals surface area contributed by atoms with Crippen molar-refractivity contribution in [2.75, 3.05) is 38.5 Å². The Morgan fingerprint density at radius 1 is 1.15 bits per heavy atom. The van der Waals surface area contributed by atoms with E-state index in [1.807, 2.05) is 0 Å². The maximum Gasteiger partial charge on any atom is 0.250 e. The van der Waals surface area contributed by atoms with Crippen molar-refractivity contribution in [1.29, 1.82) is 0 Å². The van der Waals surface area contributed by atoms with Crippen LogP contribution in [0.15, 0.2) is 23.1 Å². The van der Waals surface area contributed by atoms with Crippen LogP contribution < -0.4 is 11.3 Å². The predicted molar refractivity (Wildman–Crippen MR) is 82.9 cm³/mol. The molecule has 0 aliphatic carbocycles. The molecular formula is C15H26N4O. The SMILES string of the molecule is CC(C)N1CCN(CCCn2cc(N)ccc2=O)CC1. The van der Waals surface area contributed by atoms with E-state index in [9.17, 15) is 4.79 Å². The highest BCUT2D eigenvalue weighted by Gasteiger charge is 2.17. The van der Waals surface area contributed by atoms with Gasteiger partial charge < -0.3 is 15.2 Å². The number of hydrogen-bond donors (Lipinski definition) is 1. The topological polar surface area (TPSA) is 54.5 Å². The van der Waals surface area contributed by atoms with E-state index in [2.05, 4.69) is 23.6 Å². The monoisotopic (exact) mass is 278 g/mol. The molecule has 1 aromatic heterocycles. The number of piperazine rings is 1. The number of aromatic nitrogens is 1. The van der Waals surface area contributed by atoms with E-state index in [-0.39, 0.29) is 5.56 Å². The molecule has 0 bridgehead atoms. The zero-order valence-electron chi connectivity index (χ0n) is 12.6. The Hall–Kier alpha value is -1.33. The molecule has 1 fully saturated rings. The first-order valence-electron chi connectivity index (χ1n) is 7.48. The van der Waals surface area contributed by atoms with E-state index < -0.39 is 0 Å². The van der Waals surface area contributed by atoms with Crippen molar-refractivity contribution in [3.63, 3.8) is 0 Å². The summed E-state index contributed by atoms with van der Waals surface area (Å²) < 4.78 is 1.71. The molecule has 20 heavy (non-hydrogen) atoms. The number of nitrogens with two attached hydrogens (primary N) is 1. The molecule has 1 aliphatic rings. The highest BCUT2D eigenvalue weighted by molar-refractivity contribution is 5.33. The second-order valence-corrected chi connectivity index (χ2v) is 5.82. The third kappa shape index (κ3) is 4.08. The number of rotatable bonds is 5. The number of nitrogens with zero attached hydrogens (tertiary/aromatic N) is 3. The number of pyridine rings is 1. The second kappa shape index (κ2) is 6.90. The predicted octanol–water partition coefficient (Wildman–Crippen LogP) is 0.847. The first-order valence-corrected chi connectivity index (χ1v) is 7.48. The summed E-state index contributed by atoms with van der Waals surface area (Å²) in [6, 6.07) is 3.84. The van der Waals surface area contributed by atoms with Gasteiger partial charge in [0.25, 0.3) is 5.56 Å². The Kier molecular flexibility index (Phi) is 5.20. The van der Waals surface area contributed by atoms with Crippen molar-refractivity contribution in [3.05, 3.63) is 28.7 Å². The molecule has 112 valence electrons. The summed E-state index contributed by atoms with van der Waals surface area (Å²) in [5, 5.41) is 0. The molecule has 1 saturated heterocycles. The minimum atomic E-state index is 0.0313. The summed E-state index contributed by atoms with van der Waals surface area (Å²) in [7, 11) is 0. The van der Waals surface area contributed by atoms with Crippen molar-refractivity contribution in [2.24, 2.45) is 0 Å². The molecule has 0 amide bonds. The average Bonchev–Trinajstić information content (AvgIpc) is 2.43. The third-order valence-corrected chi connectivity index (χ3v) is 4.02. The highest BCUT2D eigenvalue weighted by Crippen LogP contribution is 2.06. The molecule has 2 N–H and O–H groups in total. The first kappa shape index (κ1) is 15.1. The van der Waals surface area contributed by atoms with Crippen molar-refractivity contribution in [2.45, 2.75) is 32.9 Å². The molecule has 0 atom stereocenters.